The Kier molecular flexibility index (Phi) is 3.89. The lowest BCUT2D eigenvalue weighted by Crippen LogP contribution is -2.19. The zero-order valence-electron chi connectivity index (χ0n) is 10.7. The Labute approximate surface area is 107 Å². The van der Waals surface area contributed by atoms with Gasteiger partial charge in [0.2, 0.25) is 0 Å². The van der Waals surface area contributed by atoms with Crippen molar-refractivity contribution in [1.82, 2.24) is 9.97 Å². The summed E-state index contributed by atoms with van der Waals surface area (Å²) in [5, 5.41) is 9.06. The van der Waals surface area contributed by atoms with Gasteiger partial charge in [0.05, 0.1) is 18.8 Å². The molecule has 18 heavy (non-hydrogen) atoms. The maximum atomic E-state index is 9.06. The van der Waals surface area contributed by atoms with E-state index in [0.29, 0.717) is 6.54 Å². The van der Waals surface area contributed by atoms with Crippen LogP contribution < -0.4 is 4.90 Å². The van der Waals surface area contributed by atoms with Gasteiger partial charge in [0.1, 0.15) is 5.82 Å². The first-order chi connectivity index (χ1) is 8.70. The molecule has 4 nitrogen and oxygen atoms in total. The van der Waals surface area contributed by atoms with Gasteiger partial charge in [-0.05, 0) is 36.2 Å². The number of aliphatic hydroxyl groups is 1. The van der Waals surface area contributed by atoms with E-state index in [1.165, 1.54) is 0 Å². The second-order valence-electron chi connectivity index (χ2n) is 4.32. The lowest BCUT2D eigenvalue weighted by atomic mass is 10.2. The van der Waals surface area contributed by atoms with Crippen LogP contribution in [0, 0.1) is 6.92 Å². The third-order valence-electron chi connectivity index (χ3n) is 2.78. The molecule has 2 aromatic heterocycles. The van der Waals surface area contributed by atoms with E-state index < -0.39 is 0 Å². The second-order valence-corrected chi connectivity index (χ2v) is 4.32. The maximum Gasteiger partial charge on any atom is 0.131 e. The van der Waals surface area contributed by atoms with Gasteiger partial charge in [0, 0.05) is 19.4 Å². The van der Waals surface area contributed by atoms with Crippen LogP contribution in [0.25, 0.3) is 0 Å². The molecule has 4 heteroatoms. The van der Waals surface area contributed by atoms with Gasteiger partial charge in [-0.15, -0.1) is 0 Å². The fraction of sp³-hybridized carbons (Fsp3) is 0.286. The summed E-state index contributed by atoms with van der Waals surface area (Å²) < 4.78 is 0. The summed E-state index contributed by atoms with van der Waals surface area (Å²) >= 11 is 0. The molecule has 0 aliphatic carbocycles. The summed E-state index contributed by atoms with van der Waals surface area (Å²) in [6.07, 6.45) is 3.50. The van der Waals surface area contributed by atoms with Crippen LogP contribution in [0.5, 0.6) is 0 Å². The van der Waals surface area contributed by atoms with E-state index >= 15 is 0 Å². The van der Waals surface area contributed by atoms with Crippen LogP contribution in [0.3, 0.4) is 0 Å². The van der Waals surface area contributed by atoms with Gasteiger partial charge in [-0.2, -0.15) is 0 Å². The number of aromatic nitrogens is 2. The van der Waals surface area contributed by atoms with E-state index in [1.54, 1.807) is 12.4 Å². The largest absolute Gasteiger partial charge is 0.392 e. The van der Waals surface area contributed by atoms with Crippen molar-refractivity contribution < 1.29 is 5.11 Å². The first-order valence-corrected chi connectivity index (χ1v) is 5.88. The van der Waals surface area contributed by atoms with Gasteiger partial charge >= 0.3 is 0 Å². The van der Waals surface area contributed by atoms with E-state index in [2.05, 4.69) is 14.9 Å². The topological polar surface area (TPSA) is 49.3 Å². The van der Waals surface area contributed by atoms with Crippen molar-refractivity contribution in [2.24, 2.45) is 0 Å². The number of hydrogen-bond donors (Lipinski definition) is 1. The molecule has 0 aliphatic heterocycles. The van der Waals surface area contributed by atoms with Crippen molar-refractivity contribution in [2.75, 3.05) is 11.9 Å². The molecule has 1 N–H and O–H groups in total. The fourth-order valence-corrected chi connectivity index (χ4v) is 1.92. The molecular weight excluding hydrogens is 226 g/mol. The highest BCUT2D eigenvalue weighted by Gasteiger charge is 2.08. The fourth-order valence-electron chi connectivity index (χ4n) is 1.92. The molecule has 0 bridgehead atoms. The van der Waals surface area contributed by atoms with Gasteiger partial charge < -0.3 is 10.0 Å². The third-order valence-corrected chi connectivity index (χ3v) is 2.78. The Hall–Kier alpha value is -1.94. The van der Waals surface area contributed by atoms with Crippen molar-refractivity contribution >= 4 is 5.82 Å². The molecule has 0 fully saturated rings. The van der Waals surface area contributed by atoms with E-state index in [-0.39, 0.29) is 6.61 Å². The molecule has 94 valence electrons. The Bertz CT molecular complexity index is 514. The molecule has 0 aromatic carbocycles. The number of pyridine rings is 2. The Morgan fingerprint density at radius 2 is 2.11 bits per heavy atom. The number of nitrogens with zero attached hydrogens (tertiary/aromatic N) is 3. The Morgan fingerprint density at radius 3 is 2.72 bits per heavy atom. The highest BCUT2D eigenvalue weighted by molar-refractivity contribution is 5.46. The molecule has 0 atom stereocenters. The number of aliphatic hydroxyl groups excluding tert-OH is 1. The van der Waals surface area contributed by atoms with Gasteiger partial charge in [-0.1, -0.05) is 6.07 Å². The van der Waals surface area contributed by atoms with E-state index in [0.717, 1.165) is 22.6 Å². The van der Waals surface area contributed by atoms with Crippen LogP contribution in [-0.4, -0.2) is 22.1 Å². The van der Waals surface area contributed by atoms with Crippen molar-refractivity contribution in [1.29, 1.82) is 0 Å². The van der Waals surface area contributed by atoms with Crippen LogP contribution >= 0.6 is 0 Å². The highest BCUT2D eigenvalue weighted by atomic mass is 16.3. The summed E-state index contributed by atoms with van der Waals surface area (Å²) in [5.41, 5.74) is 2.90. The molecular formula is C14H17N3O. The molecule has 0 spiro atoms. The summed E-state index contributed by atoms with van der Waals surface area (Å²) in [6.45, 7) is 2.74. The van der Waals surface area contributed by atoms with Crippen LogP contribution in [0.2, 0.25) is 0 Å². The number of hydrogen-bond acceptors (Lipinski definition) is 4. The predicted octanol–water partition coefficient (Wildman–Crippen LogP) is 1.91. The van der Waals surface area contributed by atoms with Crippen molar-refractivity contribution in [3.05, 3.63) is 53.5 Å². The quantitative estimate of drug-likeness (QED) is 0.891. The average Bonchev–Trinajstić information content (AvgIpc) is 2.39. The Morgan fingerprint density at radius 1 is 1.28 bits per heavy atom. The van der Waals surface area contributed by atoms with Gasteiger partial charge in [-0.3, -0.25) is 4.98 Å². The van der Waals surface area contributed by atoms with Gasteiger partial charge in [-0.25, -0.2) is 4.98 Å². The van der Waals surface area contributed by atoms with Gasteiger partial charge in [0.25, 0.3) is 0 Å². The summed E-state index contributed by atoms with van der Waals surface area (Å²) in [4.78, 5) is 10.7. The van der Waals surface area contributed by atoms with E-state index in [9.17, 15) is 0 Å². The highest BCUT2D eigenvalue weighted by Crippen LogP contribution is 2.18. The zero-order valence-corrected chi connectivity index (χ0v) is 10.7. The minimum absolute atomic E-state index is 0.0259. The van der Waals surface area contributed by atoms with E-state index in [4.69, 9.17) is 5.11 Å². The maximum absolute atomic E-state index is 9.06. The minimum Gasteiger partial charge on any atom is -0.392 e. The monoisotopic (exact) mass is 243 g/mol. The molecule has 0 unspecified atom stereocenters. The third kappa shape index (κ3) is 2.84. The van der Waals surface area contributed by atoms with Crippen molar-refractivity contribution in [3.8, 4) is 0 Å². The first kappa shape index (κ1) is 12.5. The molecule has 2 rings (SSSR count). The first-order valence-electron chi connectivity index (χ1n) is 5.88. The van der Waals surface area contributed by atoms with Crippen LogP contribution in [0.4, 0.5) is 5.82 Å². The predicted molar refractivity (Wildman–Crippen MR) is 71.2 cm³/mol. The van der Waals surface area contributed by atoms with Crippen LogP contribution in [0.1, 0.15) is 16.8 Å². The lowest BCUT2D eigenvalue weighted by molar-refractivity contribution is 0.281. The standard InChI is InChI=1S/C14H17N3O/c1-11-7-12(10-18)8-16-14(11)17(2)9-13-5-3-4-6-15-13/h3-8,18H,9-10H2,1-2H3. The molecule has 0 saturated heterocycles. The second kappa shape index (κ2) is 5.60. The summed E-state index contributed by atoms with van der Waals surface area (Å²) in [5.74, 6) is 0.915. The number of rotatable bonds is 4. The molecule has 0 amide bonds. The van der Waals surface area contributed by atoms with Crippen LogP contribution in [-0.2, 0) is 13.2 Å². The average molecular weight is 243 g/mol. The minimum atomic E-state index is 0.0259. The molecule has 0 radical (unpaired) electrons. The number of anilines is 1. The SMILES string of the molecule is Cc1cc(CO)cnc1N(C)Cc1ccccn1. The summed E-state index contributed by atoms with van der Waals surface area (Å²) in [6, 6.07) is 7.83. The molecule has 0 saturated carbocycles. The zero-order chi connectivity index (χ0) is 13.0. The summed E-state index contributed by atoms with van der Waals surface area (Å²) in [7, 11) is 1.99. The van der Waals surface area contributed by atoms with Gasteiger partial charge in [0.15, 0.2) is 0 Å². The molecule has 2 heterocycles. The lowest BCUT2D eigenvalue weighted by Gasteiger charge is -2.20. The van der Waals surface area contributed by atoms with Crippen molar-refractivity contribution in [2.45, 2.75) is 20.1 Å². The normalized spacial score (nSPS) is 10.4. The Balaban J connectivity index is 2.16. The van der Waals surface area contributed by atoms with Crippen molar-refractivity contribution in [3.63, 3.8) is 0 Å². The van der Waals surface area contributed by atoms with E-state index in [1.807, 2.05) is 38.2 Å². The molecule has 0 aliphatic rings. The number of aryl methyl sites for hydroxylation is 1. The molecule has 2 aromatic rings. The van der Waals surface area contributed by atoms with Crippen LogP contribution in [0.15, 0.2) is 36.7 Å². The smallest absolute Gasteiger partial charge is 0.131 e.